The molecule has 5 aliphatic rings. The van der Waals surface area contributed by atoms with Crippen molar-refractivity contribution in [1.29, 1.82) is 0 Å². The fourth-order valence-corrected chi connectivity index (χ4v) is 8.84. The van der Waals surface area contributed by atoms with Crippen LogP contribution in [0.2, 0.25) is 0 Å². The summed E-state index contributed by atoms with van der Waals surface area (Å²) in [5.41, 5.74) is 2.14. The number of nitrogens with one attached hydrogen (secondary N) is 2. The molecular formula is C39H48N4O7. The zero-order chi connectivity index (χ0) is 34.8. The third-order valence-electron chi connectivity index (χ3n) is 11.7. The number of amides is 1. The maximum atomic E-state index is 13.1. The van der Waals surface area contributed by atoms with Gasteiger partial charge in [-0.2, -0.15) is 0 Å². The number of fused-ring (bicyclic) bond motifs is 6. The minimum Gasteiger partial charge on any atom is -0.435 e. The topological polar surface area (TPSA) is 125 Å². The molecule has 6 heterocycles. The van der Waals surface area contributed by atoms with E-state index in [1.165, 1.54) is 0 Å². The molecule has 50 heavy (non-hydrogen) atoms. The van der Waals surface area contributed by atoms with E-state index in [9.17, 15) is 9.59 Å². The summed E-state index contributed by atoms with van der Waals surface area (Å²) >= 11 is 0. The Kier molecular flexibility index (Phi) is 8.33. The SMILES string of the molecule is C[C@H]1[C@H](OC(=O)CCC(=O)NCC(C)(C)CN=c2c3ccccc3n(C)c3[nH]c4ccccc4c23)O[C@@H]2O[C@@]3(C)CC[C@H]4CCC[C@@H]1[C@]42OO3. The molecule has 2 N–H and O–H groups in total. The first-order valence-corrected chi connectivity index (χ1v) is 18.1. The van der Waals surface area contributed by atoms with Crippen LogP contribution in [-0.4, -0.2) is 58.5 Å². The molecule has 11 heteroatoms. The Hall–Kier alpha value is -3.77. The second-order valence-corrected chi connectivity index (χ2v) is 15.8. The van der Waals surface area contributed by atoms with Gasteiger partial charge in [0.25, 0.3) is 0 Å². The van der Waals surface area contributed by atoms with E-state index in [4.69, 9.17) is 29.0 Å². The molecule has 5 fully saturated rings. The number of aromatic nitrogens is 2. The lowest BCUT2D eigenvalue weighted by Crippen LogP contribution is -2.69. The van der Waals surface area contributed by atoms with Gasteiger partial charge in [0.2, 0.25) is 18.0 Å². The van der Waals surface area contributed by atoms with Crippen molar-refractivity contribution < 1.29 is 33.6 Å². The number of benzene rings is 2. The van der Waals surface area contributed by atoms with Gasteiger partial charge in [-0.05, 0) is 44.2 Å². The zero-order valence-electron chi connectivity index (χ0n) is 29.6. The smallest absolute Gasteiger partial charge is 0.308 e. The first kappa shape index (κ1) is 33.4. The minimum absolute atomic E-state index is 0.0212. The van der Waals surface area contributed by atoms with Crippen molar-refractivity contribution in [2.75, 3.05) is 13.1 Å². The lowest BCUT2D eigenvalue weighted by molar-refractivity contribution is -0.575. The molecule has 2 aromatic heterocycles. The van der Waals surface area contributed by atoms with E-state index in [-0.39, 0.29) is 41.9 Å². The van der Waals surface area contributed by atoms with E-state index in [1.807, 2.05) is 38.1 Å². The number of carbonyl (C=O) groups is 2. The van der Waals surface area contributed by atoms with Crippen LogP contribution in [0.1, 0.15) is 72.6 Å². The van der Waals surface area contributed by atoms with Gasteiger partial charge in [-0.15, -0.1) is 0 Å². The van der Waals surface area contributed by atoms with Gasteiger partial charge in [0.15, 0.2) is 11.9 Å². The third-order valence-corrected chi connectivity index (χ3v) is 11.7. The standard InChI is InChI=1S/C39H48N4O7/c1-23-27-14-10-11-24-19-20-38(4)48-36(39(24,27)50-49-38)47-35(23)46-31(45)18-17-30(44)40-21-37(2,3)22-41-33-26-13-7-9-16-29(26)43(5)34-32(33)25-12-6-8-15-28(25)42-34/h6-9,12-13,15-16,23-24,27,35-36,42H,10-11,14,17-22H2,1-5H3,(H,40,44)/t23-,24-,27+,35-,36-,38-,39-/m1/s1. The first-order chi connectivity index (χ1) is 24.0. The molecule has 11 nitrogen and oxygen atoms in total. The van der Waals surface area contributed by atoms with Crippen LogP contribution >= 0.6 is 0 Å². The summed E-state index contributed by atoms with van der Waals surface area (Å²) in [7, 11) is 2.07. The molecule has 7 atom stereocenters. The highest BCUT2D eigenvalue weighted by molar-refractivity contribution is 6.09. The van der Waals surface area contributed by atoms with Crippen LogP contribution in [0.5, 0.6) is 0 Å². The van der Waals surface area contributed by atoms with Crippen molar-refractivity contribution in [2.45, 2.75) is 96.6 Å². The maximum absolute atomic E-state index is 13.1. The summed E-state index contributed by atoms with van der Waals surface area (Å²) < 4.78 is 20.7. The largest absolute Gasteiger partial charge is 0.435 e. The Morgan fingerprint density at radius 3 is 2.68 bits per heavy atom. The number of aromatic amines is 1. The molecule has 0 unspecified atom stereocenters. The number of para-hydroxylation sites is 2. The molecule has 4 aliphatic heterocycles. The quantitative estimate of drug-likeness (QED) is 0.169. The monoisotopic (exact) mass is 684 g/mol. The molecule has 1 saturated carbocycles. The van der Waals surface area contributed by atoms with Crippen molar-refractivity contribution in [1.82, 2.24) is 14.9 Å². The predicted molar refractivity (Wildman–Crippen MR) is 187 cm³/mol. The average Bonchev–Trinajstić information content (AvgIpc) is 3.36. The normalized spacial score (nSPS) is 31.1. The maximum Gasteiger partial charge on any atom is 0.308 e. The van der Waals surface area contributed by atoms with E-state index in [1.54, 1.807) is 0 Å². The van der Waals surface area contributed by atoms with Gasteiger partial charge in [-0.25, -0.2) is 9.78 Å². The van der Waals surface area contributed by atoms with E-state index >= 15 is 0 Å². The molecule has 1 aliphatic carbocycles. The summed E-state index contributed by atoms with van der Waals surface area (Å²) in [4.78, 5) is 46.8. The van der Waals surface area contributed by atoms with Gasteiger partial charge in [0.1, 0.15) is 5.65 Å². The summed E-state index contributed by atoms with van der Waals surface area (Å²) in [5.74, 6) is -1.34. The molecule has 1 spiro atoms. The summed E-state index contributed by atoms with van der Waals surface area (Å²) in [5, 5.41) is 7.26. The highest BCUT2D eigenvalue weighted by Crippen LogP contribution is 2.59. The second-order valence-electron chi connectivity index (χ2n) is 15.8. The predicted octanol–water partition coefficient (Wildman–Crippen LogP) is 6.14. The van der Waals surface area contributed by atoms with Crippen LogP contribution in [-0.2, 0) is 40.6 Å². The van der Waals surface area contributed by atoms with E-state index < -0.39 is 29.9 Å². The van der Waals surface area contributed by atoms with Gasteiger partial charge < -0.3 is 29.1 Å². The van der Waals surface area contributed by atoms with Gasteiger partial charge in [-0.3, -0.25) is 14.6 Å². The first-order valence-electron chi connectivity index (χ1n) is 18.1. The fraction of sp³-hybridized carbons (Fsp3) is 0.564. The minimum atomic E-state index is -0.887. The Balaban J connectivity index is 0.905. The molecule has 9 rings (SSSR count). The number of pyridine rings is 1. The molecule has 266 valence electrons. The van der Waals surface area contributed by atoms with Crippen molar-refractivity contribution in [2.24, 2.45) is 35.2 Å². The van der Waals surface area contributed by atoms with Crippen LogP contribution in [0.15, 0.2) is 53.5 Å². The molecule has 1 amide bonds. The van der Waals surface area contributed by atoms with Crippen LogP contribution in [0.3, 0.4) is 0 Å². The van der Waals surface area contributed by atoms with Gasteiger partial charge in [0.05, 0.1) is 22.7 Å². The number of aryl methyl sites for hydroxylation is 1. The molecular weight excluding hydrogens is 636 g/mol. The summed E-state index contributed by atoms with van der Waals surface area (Å²) in [6, 6.07) is 16.6. The average molecular weight is 685 g/mol. The second kappa shape index (κ2) is 12.5. The van der Waals surface area contributed by atoms with Crippen molar-refractivity contribution in [3.63, 3.8) is 0 Å². The number of carbonyl (C=O) groups excluding carboxylic acids is 2. The van der Waals surface area contributed by atoms with Crippen molar-refractivity contribution >= 4 is 44.7 Å². The van der Waals surface area contributed by atoms with Crippen LogP contribution < -0.4 is 10.7 Å². The van der Waals surface area contributed by atoms with Gasteiger partial charge in [0, 0.05) is 66.5 Å². The highest BCUT2D eigenvalue weighted by atomic mass is 17.3. The Labute approximate surface area is 291 Å². The van der Waals surface area contributed by atoms with Crippen LogP contribution in [0, 0.1) is 23.2 Å². The van der Waals surface area contributed by atoms with Crippen molar-refractivity contribution in [3.05, 3.63) is 53.9 Å². The number of H-pyrrole nitrogens is 1. The number of rotatable bonds is 8. The van der Waals surface area contributed by atoms with Gasteiger partial charge in [-0.1, -0.05) is 63.6 Å². The molecule has 4 aromatic rings. The Morgan fingerprint density at radius 1 is 1.06 bits per heavy atom. The molecule has 2 aromatic carbocycles. The van der Waals surface area contributed by atoms with E-state index in [0.717, 1.165) is 70.3 Å². The fourth-order valence-electron chi connectivity index (χ4n) is 8.84. The number of hydrogen-bond donors (Lipinski definition) is 2. The van der Waals surface area contributed by atoms with Gasteiger partial charge >= 0.3 is 5.97 Å². The van der Waals surface area contributed by atoms with Crippen molar-refractivity contribution in [3.8, 4) is 0 Å². The van der Waals surface area contributed by atoms with E-state index in [0.29, 0.717) is 13.1 Å². The zero-order valence-corrected chi connectivity index (χ0v) is 29.6. The highest BCUT2D eigenvalue weighted by Gasteiger charge is 2.68. The van der Waals surface area contributed by atoms with E-state index in [2.05, 4.69) is 60.0 Å². The number of hydrogen-bond acceptors (Lipinski definition) is 8. The van der Waals surface area contributed by atoms with Crippen LogP contribution in [0.25, 0.3) is 32.8 Å². The number of nitrogens with zero attached hydrogens (tertiary/aromatic N) is 2. The lowest BCUT2D eigenvalue weighted by atomic mass is 9.61. The Bertz CT molecular complexity index is 2040. The third kappa shape index (κ3) is 5.62. The summed E-state index contributed by atoms with van der Waals surface area (Å²) in [6.45, 7) is 9.00. The molecule has 4 saturated heterocycles. The number of esters is 1. The molecule has 2 bridgehead atoms. The lowest BCUT2D eigenvalue weighted by Gasteiger charge is -2.58. The van der Waals surface area contributed by atoms with Crippen LogP contribution in [0.4, 0.5) is 0 Å². The molecule has 0 radical (unpaired) electrons. The summed E-state index contributed by atoms with van der Waals surface area (Å²) in [6.07, 6.45) is 3.22. The Morgan fingerprint density at radius 2 is 1.84 bits per heavy atom. The number of ether oxygens (including phenoxy) is 3.